The topological polar surface area (TPSA) is 82.9 Å². The molecule has 0 fully saturated rings. The van der Waals surface area contributed by atoms with Crippen LogP contribution in [0.4, 0.5) is 5.82 Å². The first-order valence-corrected chi connectivity index (χ1v) is 14.2. The van der Waals surface area contributed by atoms with E-state index in [1.807, 2.05) is 13.8 Å². The van der Waals surface area contributed by atoms with Crippen LogP contribution in [0.3, 0.4) is 0 Å². The van der Waals surface area contributed by atoms with E-state index in [2.05, 4.69) is 80.1 Å². The van der Waals surface area contributed by atoms with Gasteiger partial charge in [0.05, 0.1) is 5.52 Å². The Hall–Kier alpha value is -2.18. The van der Waals surface area contributed by atoms with Crippen LogP contribution in [0.5, 0.6) is 0 Å². The van der Waals surface area contributed by atoms with E-state index in [9.17, 15) is 0 Å². The number of anilines is 1. The van der Waals surface area contributed by atoms with Crippen molar-refractivity contribution in [2.45, 2.75) is 93.4 Å². The van der Waals surface area contributed by atoms with Crippen LogP contribution in [-0.4, -0.2) is 46.7 Å². The minimum atomic E-state index is 0.334. The van der Waals surface area contributed by atoms with Crippen molar-refractivity contribution in [3.05, 3.63) is 29.6 Å². The highest BCUT2D eigenvalue weighted by molar-refractivity contribution is 6.06. The van der Waals surface area contributed by atoms with Crippen LogP contribution in [0.1, 0.15) is 92.0 Å². The number of hydrogen-bond donors (Lipinski definition) is 3. The maximum absolute atomic E-state index is 6.26. The predicted molar refractivity (Wildman–Crippen MR) is 157 cm³/mol. The fraction of sp³-hybridized carbons (Fsp3) is 0.667. The summed E-state index contributed by atoms with van der Waals surface area (Å²) in [4.78, 5) is 15.3. The first-order valence-electron chi connectivity index (χ1n) is 14.2. The Morgan fingerprint density at radius 1 is 1.06 bits per heavy atom. The van der Waals surface area contributed by atoms with Crippen LogP contribution in [0.15, 0.2) is 18.2 Å². The Bertz CT molecular complexity index is 1050. The SMILES string of the molecule is CC.CCCCc1nc2c([nH]1)c(N)nc1cc(CCCCCN(C)CNCC(C)(C)C(C)C)ccc12. The van der Waals surface area contributed by atoms with Crippen LogP contribution in [-0.2, 0) is 12.8 Å². The van der Waals surface area contributed by atoms with Crippen molar-refractivity contribution in [2.75, 3.05) is 32.5 Å². The Morgan fingerprint density at radius 3 is 2.50 bits per heavy atom. The standard InChI is InChI=1S/C28H46N6.C2H6/c1-7-8-13-24-32-25-22-15-14-21(17-23(22)31-27(29)26(25)33-24)12-10-9-11-16-34(6)19-30-18-28(4,5)20(2)3;1-2/h14-15,17,20,30H,7-13,16,18-19H2,1-6H3,(H2,29,31)(H,32,33);1-2H3. The Morgan fingerprint density at radius 2 is 1.81 bits per heavy atom. The average molecular weight is 497 g/mol. The zero-order valence-electron chi connectivity index (χ0n) is 24.3. The van der Waals surface area contributed by atoms with Gasteiger partial charge in [-0.05, 0) is 62.2 Å². The molecular weight excluding hydrogens is 444 g/mol. The summed E-state index contributed by atoms with van der Waals surface area (Å²) in [5, 5.41) is 4.71. The molecule has 1 aromatic carbocycles. The number of hydrogen-bond acceptors (Lipinski definition) is 5. The molecule has 6 nitrogen and oxygen atoms in total. The van der Waals surface area contributed by atoms with Gasteiger partial charge in [0.1, 0.15) is 22.7 Å². The lowest BCUT2D eigenvalue weighted by atomic mass is 9.81. The first-order chi connectivity index (χ1) is 17.2. The van der Waals surface area contributed by atoms with Crippen molar-refractivity contribution in [2.24, 2.45) is 11.3 Å². The summed E-state index contributed by atoms with van der Waals surface area (Å²) in [6, 6.07) is 6.59. The number of nitrogen functional groups attached to an aromatic ring is 1. The quantitative estimate of drug-likeness (QED) is 0.166. The summed E-state index contributed by atoms with van der Waals surface area (Å²) in [6.45, 7) is 18.6. The number of nitrogens with zero attached hydrogens (tertiary/aromatic N) is 3. The fourth-order valence-electron chi connectivity index (χ4n) is 4.22. The van der Waals surface area contributed by atoms with Crippen LogP contribution in [0.2, 0.25) is 0 Å². The number of benzene rings is 1. The summed E-state index contributed by atoms with van der Waals surface area (Å²) in [5.41, 5.74) is 10.7. The van der Waals surface area contributed by atoms with Gasteiger partial charge in [-0.3, -0.25) is 4.90 Å². The number of pyridine rings is 1. The van der Waals surface area contributed by atoms with Crippen molar-refractivity contribution in [1.29, 1.82) is 0 Å². The zero-order chi connectivity index (χ0) is 26.7. The third kappa shape index (κ3) is 8.45. The van der Waals surface area contributed by atoms with Gasteiger partial charge >= 0.3 is 0 Å². The fourth-order valence-corrected chi connectivity index (χ4v) is 4.22. The average Bonchev–Trinajstić information content (AvgIpc) is 3.28. The number of nitrogens with two attached hydrogens (primary N) is 1. The van der Waals surface area contributed by atoms with Gasteiger partial charge in [0.25, 0.3) is 0 Å². The van der Waals surface area contributed by atoms with E-state index in [1.54, 1.807) is 0 Å². The molecule has 36 heavy (non-hydrogen) atoms. The molecule has 0 aliphatic heterocycles. The summed E-state index contributed by atoms with van der Waals surface area (Å²) in [7, 11) is 2.21. The molecule has 3 rings (SSSR count). The van der Waals surface area contributed by atoms with E-state index < -0.39 is 0 Å². The molecule has 0 bridgehead atoms. The normalized spacial score (nSPS) is 12.1. The lowest BCUT2D eigenvalue weighted by Gasteiger charge is -2.30. The molecule has 2 aromatic heterocycles. The first kappa shape index (κ1) is 30.0. The zero-order valence-corrected chi connectivity index (χ0v) is 24.3. The lowest BCUT2D eigenvalue weighted by molar-refractivity contribution is 0.211. The summed E-state index contributed by atoms with van der Waals surface area (Å²) in [5.74, 6) is 2.23. The van der Waals surface area contributed by atoms with Crippen molar-refractivity contribution in [3.63, 3.8) is 0 Å². The second-order valence-corrected chi connectivity index (χ2v) is 11.0. The number of H-pyrrole nitrogens is 1. The Balaban J connectivity index is 0.00000222. The van der Waals surface area contributed by atoms with Crippen molar-refractivity contribution in [3.8, 4) is 0 Å². The van der Waals surface area contributed by atoms with Gasteiger partial charge in [0.2, 0.25) is 0 Å². The van der Waals surface area contributed by atoms with Crippen LogP contribution >= 0.6 is 0 Å². The maximum Gasteiger partial charge on any atom is 0.150 e. The van der Waals surface area contributed by atoms with E-state index >= 15 is 0 Å². The number of unbranched alkanes of at least 4 members (excludes halogenated alkanes) is 3. The van der Waals surface area contributed by atoms with Gasteiger partial charge in [-0.2, -0.15) is 0 Å². The third-order valence-corrected chi connectivity index (χ3v) is 7.36. The van der Waals surface area contributed by atoms with Gasteiger partial charge in [-0.1, -0.05) is 73.4 Å². The van der Waals surface area contributed by atoms with Crippen molar-refractivity contribution in [1.82, 2.24) is 25.2 Å². The highest BCUT2D eigenvalue weighted by Gasteiger charge is 2.21. The van der Waals surface area contributed by atoms with Gasteiger partial charge in [0, 0.05) is 25.0 Å². The predicted octanol–water partition coefficient (Wildman–Crippen LogP) is 6.94. The third-order valence-electron chi connectivity index (χ3n) is 7.36. The number of fused-ring (bicyclic) bond motifs is 3. The summed E-state index contributed by atoms with van der Waals surface area (Å²) in [6.07, 6.45) is 7.94. The number of aromatic amines is 1. The van der Waals surface area contributed by atoms with Crippen molar-refractivity contribution < 1.29 is 0 Å². The molecule has 0 amide bonds. The molecule has 2 heterocycles. The Labute approximate surface area is 219 Å². The summed E-state index contributed by atoms with van der Waals surface area (Å²) < 4.78 is 0. The molecule has 0 unspecified atom stereocenters. The minimum absolute atomic E-state index is 0.334. The molecule has 0 atom stereocenters. The number of aromatic nitrogens is 3. The monoisotopic (exact) mass is 496 g/mol. The number of imidazole rings is 1. The van der Waals surface area contributed by atoms with Gasteiger partial charge in [-0.15, -0.1) is 0 Å². The number of nitrogens with one attached hydrogen (secondary N) is 2. The van der Waals surface area contributed by atoms with E-state index in [0.29, 0.717) is 17.2 Å². The molecule has 0 saturated heterocycles. The Kier molecular flexibility index (Phi) is 12.1. The molecular formula is C30H52N6. The van der Waals surface area contributed by atoms with Crippen LogP contribution in [0, 0.1) is 11.3 Å². The van der Waals surface area contributed by atoms with Crippen molar-refractivity contribution >= 4 is 27.8 Å². The molecule has 0 aliphatic carbocycles. The molecule has 6 heteroatoms. The van der Waals surface area contributed by atoms with E-state index in [4.69, 9.17) is 10.7 Å². The highest BCUT2D eigenvalue weighted by atomic mass is 15.2. The molecule has 0 radical (unpaired) electrons. The lowest BCUT2D eigenvalue weighted by Crippen LogP contribution is -2.39. The molecule has 3 aromatic rings. The van der Waals surface area contributed by atoms with Crippen LogP contribution < -0.4 is 11.1 Å². The second-order valence-electron chi connectivity index (χ2n) is 11.0. The summed E-state index contributed by atoms with van der Waals surface area (Å²) >= 11 is 0. The second kappa shape index (κ2) is 14.5. The van der Waals surface area contributed by atoms with E-state index in [1.165, 1.54) is 24.8 Å². The molecule has 202 valence electrons. The largest absolute Gasteiger partial charge is 0.382 e. The van der Waals surface area contributed by atoms with Gasteiger partial charge in [0.15, 0.2) is 0 Å². The smallest absolute Gasteiger partial charge is 0.150 e. The molecule has 4 N–H and O–H groups in total. The number of rotatable bonds is 14. The minimum Gasteiger partial charge on any atom is -0.382 e. The highest BCUT2D eigenvalue weighted by Crippen LogP contribution is 2.28. The van der Waals surface area contributed by atoms with Gasteiger partial charge < -0.3 is 16.0 Å². The van der Waals surface area contributed by atoms with E-state index in [-0.39, 0.29) is 0 Å². The molecule has 0 spiro atoms. The van der Waals surface area contributed by atoms with Crippen LogP contribution in [0.25, 0.3) is 21.9 Å². The maximum atomic E-state index is 6.26. The van der Waals surface area contributed by atoms with E-state index in [0.717, 1.165) is 73.2 Å². The molecule has 0 saturated carbocycles. The molecule has 0 aliphatic rings. The van der Waals surface area contributed by atoms with Gasteiger partial charge in [-0.25, -0.2) is 9.97 Å². The number of aryl methyl sites for hydroxylation is 2.